The second-order valence-electron chi connectivity index (χ2n) is 4.36. The maximum absolute atomic E-state index is 12.0. The molecular formula is C13H13F3N4O2. The zero-order valence-electron chi connectivity index (χ0n) is 11.6. The molecule has 0 saturated heterocycles. The lowest BCUT2D eigenvalue weighted by Crippen LogP contribution is -2.19. The van der Waals surface area contributed by atoms with Gasteiger partial charge in [0.15, 0.2) is 6.61 Å². The molecule has 1 amide bonds. The van der Waals surface area contributed by atoms with Gasteiger partial charge in [-0.1, -0.05) is 6.92 Å². The number of halogens is 3. The monoisotopic (exact) mass is 314 g/mol. The van der Waals surface area contributed by atoms with Gasteiger partial charge >= 0.3 is 6.18 Å². The van der Waals surface area contributed by atoms with Crippen LogP contribution in [0.5, 0.6) is 5.88 Å². The van der Waals surface area contributed by atoms with Crippen LogP contribution in [-0.4, -0.2) is 33.9 Å². The lowest BCUT2D eigenvalue weighted by atomic mass is 10.2. The Morgan fingerprint density at radius 1 is 1.36 bits per heavy atom. The van der Waals surface area contributed by atoms with Crippen LogP contribution < -0.4 is 10.1 Å². The van der Waals surface area contributed by atoms with Gasteiger partial charge in [-0.15, -0.1) is 0 Å². The van der Waals surface area contributed by atoms with Gasteiger partial charge in [0.25, 0.3) is 5.91 Å². The second-order valence-corrected chi connectivity index (χ2v) is 4.36. The molecule has 0 saturated carbocycles. The van der Waals surface area contributed by atoms with Crippen LogP contribution in [0.1, 0.15) is 23.0 Å². The quantitative estimate of drug-likeness (QED) is 0.889. The number of hydrogen-bond donors (Lipinski definition) is 2. The molecule has 0 aliphatic heterocycles. The summed E-state index contributed by atoms with van der Waals surface area (Å²) < 4.78 is 40.5. The van der Waals surface area contributed by atoms with E-state index in [9.17, 15) is 18.0 Å². The molecule has 6 nitrogen and oxygen atoms in total. The highest BCUT2D eigenvalue weighted by Gasteiger charge is 2.28. The minimum Gasteiger partial charge on any atom is -0.468 e. The second kappa shape index (κ2) is 6.46. The summed E-state index contributed by atoms with van der Waals surface area (Å²) >= 11 is 0. The Hall–Kier alpha value is -2.58. The standard InChI is InChI=1S/C13H13F3N4O2/c1-2-10-9(6-18-20-10)12(21)19-8-3-4-11(17-5-8)22-7-13(14,15)16/h3-6H,2,7H2,1H3,(H,18,20)(H,19,21). The minimum absolute atomic E-state index is 0.173. The van der Waals surface area contributed by atoms with Crippen molar-refractivity contribution in [3.8, 4) is 5.88 Å². The fourth-order valence-electron chi connectivity index (χ4n) is 1.67. The number of nitrogens with zero attached hydrogens (tertiary/aromatic N) is 2. The van der Waals surface area contributed by atoms with E-state index in [1.807, 2.05) is 6.92 Å². The smallest absolute Gasteiger partial charge is 0.422 e. The molecule has 2 N–H and O–H groups in total. The van der Waals surface area contributed by atoms with E-state index < -0.39 is 12.8 Å². The van der Waals surface area contributed by atoms with Crippen LogP contribution in [0.25, 0.3) is 0 Å². The molecule has 0 fully saturated rings. The van der Waals surface area contributed by atoms with Gasteiger partial charge in [0.2, 0.25) is 5.88 Å². The average Bonchev–Trinajstić information content (AvgIpc) is 2.94. The largest absolute Gasteiger partial charge is 0.468 e. The van der Waals surface area contributed by atoms with Crippen molar-refractivity contribution in [3.05, 3.63) is 35.8 Å². The van der Waals surface area contributed by atoms with Gasteiger partial charge in [-0.25, -0.2) is 4.98 Å². The summed E-state index contributed by atoms with van der Waals surface area (Å²) in [6.07, 6.45) is -1.19. The van der Waals surface area contributed by atoms with Gasteiger partial charge in [0.1, 0.15) is 0 Å². The molecule has 2 heterocycles. The summed E-state index contributed by atoms with van der Waals surface area (Å²) in [4.78, 5) is 15.7. The zero-order chi connectivity index (χ0) is 16.2. The number of carbonyl (C=O) groups excluding carboxylic acids is 1. The summed E-state index contributed by atoms with van der Waals surface area (Å²) in [6.45, 7) is 0.458. The van der Waals surface area contributed by atoms with Crippen LogP contribution in [0.3, 0.4) is 0 Å². The van der Waals surface area contributed by atoms with Gasteiger partial charge in [-0.2, -0.15) is 18.3 Å². The number of anilines is 1. The topological polar surface area (TPSA) is 79.9 Å². The van der Waals surface area contributed by atoms with E-state index in [2.05, 4.69) is 25.2 Å². The maximum atomic E-state index is 12.0. The average molecular weight is 314 g/mol. The first-order chi connectivity index (χ1) is 10.4. The van der Waals surface area contributed by atoms with Crippen LogP contribution in [0.2, 0.25) is 0 Å². The first-order valence-corrected chi connectivity index (χ1v) is 6.38. The number of nitrogens with one attached hydrogen (secondary N) is 2. The van der Waals surface area contributed by atoms with Gasteiger partial charge in [-0.05, 0) is 12.5 Å². The number of aromatic nitrogens is 3. The fraction of sp³-hybridized carbons (Fsp3) is 0.308. The number of alkyl halides is 3. The van der Waals surface area contributed by atoms with Gasteiger partial charge in [0, 0.05) is 11.8 Å². The van der Waals surface area contributed by atoms with Crippen LogP contribution in [0, 0.1) is 0 Å². The van der Waals surface area contributed by atoms with Crippen molar-refractivity contribution in [2.75, 3.05) is 11.9 Å². The molecule has 118 valence electrons. The predicted molar refractivity (Wildman–Crippen MR) is 71.7 cm³/mol. The molecule has 2 aromatic heterocycles. The summed E-state index contributed by atoms with van der Waals surface area (Å²) in [5.41, 5.74) is 1.43. The van der Waals surface area contributed by atoms with Crippen molar-refractivity contribution in [2.24, 2.45) is 0 Å². The van der Waals surface area contributed by atoms with E-state index in [1.165, 1.54) is 24.5 Å². The van der Waals surface area contributed by atoms with Crippen LogP contribution in [-0.2, 0) is 6.42 Å². The highest BCUT2D eigenvalue weighted by atomic mass is 19.4. The van der Waals surface area contributed by atoms with E-state index >= 15 is 0 Å². The number of carbonyl (C=O) groups is 1. The van der Waals surface area contributed by atoms with Crippen LogP contribution in [0.15, 0.2) is 24.5 Å². The number of amides is 1. The Kier molecular flexibility index (Phi) is 4.64. The van der Waals surface area contributed by atoms with E-state index in [4.69, 9.17) is 0 Å². The molecule has 2 rings (SSSR count). The molecule has 0 aliphatic carbocycles. The molecule has 0 spiro atoms. The molecular weight excluding hydrogens is 301 g/mol. The van der Waals surface area contributed by atoms with Crippen molar-refractivity contribution >= 4 is 11.6 Å². The third-order valence-corrected chi connectivity index (χ3v) is 2.69. The van der Waals surface area contributed by atoms with E-state index in [-0.39, 0.29) is 11.8 Å². The van der Waals surface area contributed by atoms with Crippen molar-refractivity contribution in [2.45, 2.75) is 19.5 Å². The number of hydrogen-bond acceptors (Lipinski definition) is 4. The highest BCUT2D eigenvalue weighted by molar-refractivity contribution is 6.04. The number of rotatable bonds is 5. The zero-order valence-corrected chi connectivity index (χ0v) is 11.6. The Bertz CT molecular complexity index is 637. The molecule has 0 aliphatic rings. The minimum atomic E-state index is -4.42. The molecule has 0 aromatic carbocycles. The summed E-state index contributed by atoms with van der Waals surface area (Å²) in [5, 5.41) is 9.08. The van der Waals surface area contributed by atoms with Gasteiger partial charge < -0.3 is 10.1 Å². The first kappa shape index (κ1) is 15.8. The molecule has 0 unspecified atom stereocenters. The summed E-state index contributed by atoms with van der Waals surface area (Å²) in [5.74, 6) is -0.552. The molecule has 2 aromatic rings. The SMILES string of the molecule is CCc1[nH]ncc1C(=O)Nc1ccc(OCC(F)(F)F)nc1. The van der Waals surface area contributed by atoms with E-state index in [1.54, 1.807) is 0 Å². The molecule has 0 atom stereocenters. The Balaban J connectivity index is 1.98. The van der Waals surface area contributed by atoms with Crippen molar-refractivity contribution in [3.63, 3.8) is 0 Å². The summed E-state index contributed by atoms with van der Waals surface area (Å²) in [7, 11) is 0. The first-order valence-electron chi connectivity index (χ1n) is 6.38. The Morgan fingerprint density at radius 3 is 2.73 bits per heavy atom. The number of aromatic amines is 1. The Morgan fingerprint density at radius 2 is 2.14 bits per heavy atom. The lowest BCUT2D eigenvalue weighted by molar-refractivity contribution is -0.154. The number of aryl methyl sites for hydroxylation is 1. The van der Waals surface area contributed by atoms with Crippen LogP contribution >= 0.6 is 0 Å². The fourth-order valence-corrected chi connectivity index (χ4v) is 1.67. The number of ether oxygens (including phenoxy) is 1. The van der Waals surface area contributed by atoms with Crippen molar-refractivity contribution < 1.29 is 22.7 Å². The highest BCUT2D eigenvalue weighted by Crippen LogP contribution is 2.18. The van der Waals surface area contributed by atoms with Crippen LogP contribution in [0.4, 0.5) is 18.9 Å². The summed E-state index contributed by atoms with van der Waals surface area (Å²) in [6, 6.07) is 2.65. The van der Waals surface area contributed by atoms with Gasteiger partial charge in [0.05, 0.1) is 23.6 Å². The predicted octanol–water partition coefficient (Wildman–Crippen LogP) is 2.56. The normalized spacial score (nSPS) is 11.3. The maximum Gasteiger partial charge on any atom is 0.422 e. The molecule has 22 heavy (non-hydrogen) atoms. The van der Waals surface area contributed by atoms with E-state index in [0.29, 0.717) is 23.4 Å². The number of pyridine rings is 1. The molecule has 0 radical (unpaired) electrons. The lowest BCUT2D eigenvalue weighted by Gasteiger charge is -2.09. The van der Waals surface area contributed by atoms with Gasteiger partial charge in [-0.3, -0.25) is 9.89 Å². The molecule has 0 bridgehead atoms. The number of H-pyrrole nitrogens is 1. The Labute approximate surface area is 123 Å². The van der Waals surface area contributed by atoms with Crippen molar-refractivity contribution in [1.29, 1.82) is 0 Å². The van der Waals surface area contributed by atoms with E-state index in [0.717, 1.165) is 0 Å². The molecule has 9 heteroatoms. The van der Waals surface area contributed by atoms with Crippen molar-refractivity contribution in [1.82, 2.24) is 15.2 Å². The third-order valence-electron chi connectivity index (χ3n) is 2.69. The third kappa shape index (κ3) is 4.21.